The second-order valence-electron chi connectivity index (χ2n) is 4.92. The number of rotatable bonds is 2. The first kappa shape index (κ1) is 13.2. The minimum Gasteiger partial charge on any atom is -0.439 e. The molecule has 0 atom stereocenters. The molecule has 0 unspecified atom stereocenters. The van der Waals surface area contributed by atoms with E-state index >= 15 is 0 Å². The monoisotopic (exact) mass is 286 g/mol. The minimum atomic E-state index is -0.299. The average Bonchev–Trinajstić information content (AvgIpc) is 2.84. The van der Waals surface area contributed by atoms with Crippen LogP contribution < -0.4 is 16.9 Å². The first-order valence-corrected chi connectivity index (χ1v) is 6.41. The molecule has 0 radical (unpaired) electrons. The van der Waals surface area contributed by atoms with Gasteiger partial charge in [-0.25, -0.2) is 9.67 Å². The van der Waals surface area contributed by atoms with Gasteiger partial charge in [-0.15, -0.1) is 0 Å². The predicted octanol–water partition coefficient (Wildman–Crippen LogP) is 0.925. The molecule has 0 saturated carbocycles. The van der Waals surface area contributed by atoms with Gasteiger partial charge in [-0.05, 0) is 32.0 Å². The Kier molecular flexibility index (Phi) is 2.90. The second kappa shape index (κ2) is 4.62. The van der Waals surface area contributed by atoms with Gasteiger partial charge in [0.05, 0.1) is 0 Å². The summed E-state index contributed by atoms with van der Waals surface area (Å²) in [6, 6.07) is 5.11. The van der Waals surface area contributed by atoms with Crippen molar-refractivity contribution in [1.82, 2.24) is 14.8 Å². The Morgan fingerprint density at radius 2 is 2.05 bits per heavy atom. The van der Waals surface area contributed by atoms with E-state index in [0.29, 0.717) is 33.8 Å². The van der Waals surface area contributed by atoms with Crippen molar-refractivity contribution >= 4 is 16.8 Å². The second-order valence-corrected chi connectivity index (χ2v) is 4.92. The van der Waals surface area contributed by atoms with Gasteiger partial charge in [0.25, 0.3) is 11.1 Å². The van der Waals surface area contributed by atoms with Gasteiger partial charge < -0.3 is 10.2 Å². The van der Waals surface area contributed by atoms with Crippen LogP contribution in [0.25, 0.3) is 11.1 Å². The van der Waals surface area contributed by atoms with Crippen LogP contribution >= 0.6 is 0 Å². The summed E-state index contributed by atoms with van der Waals surface area (Å²) in [6.07, 6.45) is 0. The van der Waals surface area contributed by atoms with Crippen molar-refractivity contribution in [3.63, 3.8) is 0 Å². The minimum absolute atomic E-state index is 0.0593. The van der Waals surface area contributed by atoms with E-state index in [-0.39, 0.29) is 17.7 Å². The van der Waals surface area contributed by atoms with Gasteiger partial charge in [0, 0.05) is 16.8 Å². The SMILES string of the molecule is Cc1c(C)c(=O)n(Cc2nc3cc(N)ccc3o2)[nH]c1=O. The predicted molar refractivity (Wildman–Crippen MR) is 78.3 cm³/mol. The van der Waals surface area contributed by atoms with E-state index in [1.54, 1.807) is 32.0 Å². The lowest BCUT2D eigenvalue weighted by Crippen LogP contribution is -2.33. The van der Waals surface area contributed by atoms with Crippen LogP contribution in [0.15, 0.2) is 32.2 Å². The maximum Gasteiger partial charge on any atom is 0.268 e. The summed E-state index contributed by atoms with van der Waals surface area (Å²) in [5, 5.41) is 2.51. The maximum absolute atomic E-state index is 12.1. The van der Waals surface area contributed by atoms with Crippen LogP contribution in [0.5, 0.6) is 0 Å². The molecule has 0 aliphatic heterocycles. The summed E-state index contributed by atoms with van der Waals surface area (Å²) < 4.78 is 6.74. The van der Waals surface area contributed by atoms with Crippen molar-refractivity contribution in [2.75, 3.05) is 5.73 Å². The maximum atomic E-state index is 12.1. The van der Waals surface area contributed by atoms with Gasteiger partial charge in [-0.3, -0.25) is 14.7 Å². The molecule has 21 heavy (non-hydrogen) atoms. The molecule has 3 aromatic rings. The number of oxazole rings is 1. The normalized spacial score (nSPS) is 11.1. The van der Waals surface area contributed by atoms with Crippen LogP contribution in [0.4, 0.5) is 5.69 Å². The summed E-state index contributed by atoms with van der Waals surface area (Å²) in [5.74, 6) is 0.330. The quantitative estimate of drug-likeness (QED) is 0.681. The third-order valence-corrected chi connectivity index (χ3v) is 3.45. The molecule has 0 aliphatic carbocycles. The Morgan fingerprint density at radius 1 is 1.29 bits per heavy atom. The number of nitrogens with two attached hydrogens (primary N) is 1. The fourth-order valence-corrected chi connectivity index (χ4v) is 2.10. The third-order valence-electron chi connectivity index (χ3n) is 3.45. The number of aromatic nitrogens is 3. The zero-order valence-corrected chi connectivity index (χ0v) is 11.6. The fraction of sp³-hybridized carbons (Fsp3) is 0.214. The molecule has 0 saturated heterocycles. The summed E-state index contributed by atoms with van der Waals surface area (Å²) >= 11 is 0. The van der Waals surface area contributed by atoms with E-state index < -0.39 is 0 Å². The smallest absolute Gasteiger partial charge is 0.268 e. The Labute approximate surface area is 119 Å². The zero-order valence-electron chi connectivity index (χ0n) is 11.6. The van der Waals surface area contributed by atoms with Crippen molar-refractivity contribution in [2.45, 2.75) is 20.4 Å². The van der Waals surface area contributed by atoms with Crippen molar-refractivity contribution in [3.05, 3.63) is 55.9 Å². The largest absolute Gasteiger partial charge is 0.439 e. The number of aromatic amines is 1. The molecule has 0 bridgehead atoms. The molecule has 0 fully saturated rings. The number of benzene rings is 1. The number of H-pyrrole nitrogens is 1. The highest BCUT2D eigenvalue weighted by molar-refractivity contribution is 5.76. The number of anilines is 1. The summed E-state index contributed by atoms with van der Waals surface area (Å²) in [6.45, 7) is 3.29. The average molecular weight is 286 g/mol. The molecular formula is C14H14N4O3. The Bertz CT molecular complexity index is 949. The number of nitrogen functional groups attached to an aromatic ring is 1. The lowest BCUT2D eigenvalue weighted by atomic mass is 10.2. The molecule has 2 heterocycles. The van der Waals surface area contributed by atoms with Crippen LogP contribution in [-0.4, -0.2) is 14.8 Å². The number of fused-ring (bicyclic) bond motifs is 1. The standard InChI is InChI=1S/C14H14N4O3/c1-7-8(2)14(20)18(17-13(7)19)6-12-16-10-5-9(15)3-4-11(10)21-12/h3-5H,6,15H2,1-2H3,(H,17,19). The number of hydrogen-bond donors (Lipinski definition) is 2. The Balaban J connectivity index is 2.06. The van der Waals surface area contributed by atoms with Crippen molar-refractivity contribution in [3.8, 4) is 0 Å². The van der Waals surface area contributed by atoms with Crippen molar-refractivity contribution < 1.29 is 4.42 Å². The molecule has 0 amide bonds. The summed E-state index contributed by atoms with van der Waals surface area (Å²) in [5.41, 5.74) is 7.73. The zero-order chi connectivity index (χ0) is 15.1. The molecule has 108 valence electrons. The van der Waals surface area contributed by atoms with E-state index in [1.165, 1.54) is 4.68 Å². The lowest BCUT2D eigenvalue weighted by Gasteiger charge is -2.05. The van der Waals surface area contributed by atoms with Gasteiger partial charge in [0.15, 0.2) is 5.58 Å². The molecule has 7 nitrogen and oxygen atoms in total. The number of hydrogen-bond acceptors (Lipinski definition) is 5. The highest BCUT2D eigenvalue weighted by atomic mass is 16.3. The topological polar surface area (TPSA) is 107 Å². The van der Waals surface area contributed by atoms with E-state index in [1.807, 2.05) is 0 Å². The molecule has 7 heteroatoms. The summed E-state index contributed by atoms with van der Waals surface area (Å²) in [4.78, 5) is 28.1. The van der Waals surface area contributed by atoms with Crippen LogP contribution in [0.3, 0.4) is 0 Å². The molecule has 3 rings (SSSR count). The van der Waals surface area contributed by atoms with Crippen LogP contribution in [0, 0.1) is 13.8 Å². The van der Waals surface area contributed by atoms with Crippen LogP contribution in [-0.2, 0) is 6.54 Å². The molecule has 0 aliphatic rings. The lowest BCUT2D eigenvalue weighted by molar-refractivity contribution is 0.477. The molecule has 0 spiro atoms. The van der Waals surface area contributed by atoms with E-state index in [4.69, 9.17) is 10.2 Å². The first-order chi connectivity index (χ1) is 9.95. The molecule has 1 aromatic carbocycles. The number of nitrogens with zero attached hydrogens (tertiary/aromatic N) is 2. The number of nitrogens with one attached hydrogen (secondary N) is 1. The fourth-order valence-electron chi connectivity index (χ4n) is 2.10. The van der Waals surface area contributed by atoms with Gasteiger partial charge >= 0.3 is 0 Å². The van der Waals surface area contributed by atoms with Crippen LogP contribution in [0.1, 0.15) is 17.0 Å². The van der Waals surface area contributed by atoms with Crippen molar-refractivity contribution in [1.29, 1.82) is 0 Å². The van der Waals surface area contributed by atoms with E-state index in [9.17, 15) is 9.59 Å². The highest BCUT2D eigenvalue weighted by Gasteiger charge is 2.11. The summed E-state index contributed by atoms with van der Waals surface area (Å²) in [7, 11) is 0. The molecule has 2 aromatic heterocycles. The third kappa shape index (κ3) is 2.22. The molecule has 3 N–H and O–H groups in total. The van der Waals surface area contributed by atoms with E-state index in [0.717, 1.165) is 0 Å². The first-order valence-electron chi connectivity index (χ1n) is 6.41. The van der Waals surface area contributed by atoms with Crippen LogP contribution in [0.2, 0.25) is 0 Å². The Hall–Kier alpha value is -2.83. The highest BCUT2D eigenvalue weighted by Crippen LogP contribution is 2.18. The van der Waals surface area contributed by atoms with E-state index in [2.05, 4.69) is 10.1 Å². The van der Waals surface area contributed by atoms with Gasteiger partial charge in [-0.2, -0.15) is 0 Å². The Morgan fingerprint density at radius 3 is 2.81 bits per heavy atom. The van der Waals surface area contributed by atoms with Gasteiger partial charge in [-0.1, -0.05) is 0 Å². The molecular weight excluding hydrogens is 272 g/mol. The van der Waals surface area contributed by atoms with Gasteiger partial charge in [0.2, 0.25) is 5.89 Å². The van der Waals surface area contributed by atoms with Gasteiger partial charge in [0.1, 0.15) is 12.1 Å². The van der Waals surface area contributed by atoms with Crippen molar-refractivity contribution in [2.24, 2.45) is 0 Å².